The Balaban J connectivity index is 1.90. The van der Waals surface area contributed by atoms with E-state index in [-0.39, 0.29) is 12.2 Å². The fourth-order valence-corrected chi connectivity index (χ4v) is 2.53. The van der Waals surface area contributed by atoms with E-state index >= 15 is 0 Å². The second-order valence-electron chi connectivity index (χ2n) is 6.11. The van der Waals surface area contributed by atoms with Gasteiger partial charge in [0.1, 0.15) is 11.1 Å². The monoisotopic (exact) mass is 361 g/mol. The lowest BCUT2D eigenvalue weighted by Crippen LogP contribution is -2.16. The van der Waals surface area contributed by atoms with Crippen LogP contribution in [0.15, 0.2) is 57.7 Å². The lowest BCUT2D eigenvalue weighted by Gasteiger charge is -2.11. The second kappa shape index (κ2) is 7.79. The molecule has 0 aliphatic carbocycles. The highest BCUT2D eigenvalue weighted by atomic mass is 16.5. The molecule has 1 heterocycles. The standard InChI is InChI=1S/C22H19NO4/c1-4-26-21(24)19-14-17-10-7-16(13-20(17)27-22(19)25)6-5-15-8-11-18(12-9-15)23(2)3/h7-14H,4H2,1-3H3. The van der Waals surface area contributed by atoms with Crippen molar-refractivity contribution in [3.63, 3.8) is 0 Å². The molecule has 0 aliphatic heterocycles. The smallest absolute Gasteiger partial charge is 0.351 e. The Morgan fingerprint density at radius 3 is 2.37 bits per heavy atom. The van der Waals surface area contributed by atoms with E-state index in [1.807, 2.05) is 49.3 Å². The Morgan fingerprint density at radius 2 is 1.70 bits per heavy atom. The normalized spacial score (nSPS) is 10.2. The van der Waals surface area contributed by atoms with Gasteiger partial charge in [0.05, 0.1) is 6.61 Å². The summed E-state index contributed by atoms with van der Waals surface area (Å²) in [6.07, 6.45) is 0. The first-order valence-electron chi connectivity index (χ1n) is 8.52. The van der Waals surface area contributed by atoms with Crippen molar-refractivity contribution in [1.82, 2.24) is 0 Å². The van der Waals surface area contributed by atoms with Crippen molar-refractivity contribution in [2.45, 2.75) is 6.92 Å². The first-order chi connectivity index (χ1) is 13.0. The molecule has 2 aromatic carbocycles. The van der Waals surface area contributed by atoms with E-state index in [0.29, 0.717) is 16.5 Å². The maximum absolute atomic E-state index is 12.0. The first-order valence-corrected chi connectivity index (χ1v) is 8.52. The van der Waals surface area contributed by atoms with Gasteiger partial charge >= 0.3 is 11.6 Å². The van der Waals surface area contributed by atoms with Crippen LogP contribution < -0.4 is 10.5 Å². The third kappa shape index (κ3) is 4.18. The van der Waals surface area contributed by atoms with Crippen LogP contribution in [0, 0.1) is 11.8 Å². The van der Waals surface area contributed by atoms with Gasteiger partial charge in [0.15, 0.2) is 0 Å². The van der Waals surface area contributed by atoms with E-state index in [0.717, 1.165) is 11.3 Å². The van der Waals surface area contributed by atoms with Gasteiger partial charge in [0, 0.05) is 36.3 Å². The number of esters is 1. The number of ether oxygens (including phenoxy) is 1. The molecule has 0 amide bonds. The summed E-state index contributed by atoms with van der Waals surface area (Å²) in [5, 5.41) is 0.638. The highest BCUT2D eigenvalue weighted by molar-refractivity contribution is 5.93. The summed E-state index contributed by atoms with van der Waals surface area (Å²) < 4.78 is 10.1. The van der Waals surface area contributed by atoms with Crippen molar-refractivity contribution in [2.75, 3.05) is 25.6 Å². The van der Waals surface area contributed by atoms with Crippen LogP contribution >= 0.6 is 0 Å². The van der Waals surface area contributed by atoms with Crippen LogP contribution in [-0.4, -0.2) is 26.7 Å². The van der Waals surface area contributed by atoms with Gasteiger partial charge in [0.25, 0.3) is 0 Å². The molecule has 3 aromatic rings. The molecular formula is C22H19NO4. The molecule has 3 rings (SSSR count). The predicted octanol–water partition coefficient (Wildman–Crippen LogP) is 3.44. The number of carbonyl (C=O) groups is 1. The van der Waals surface area contributed by atoms with Crippen LogP contribution in [0.1, 0.15) is 28.4 Å². The van der Waals surface area contributed by atoms with Gasteiger partial charge < -0.3 is 14.1 Å². The zero-order valence-electron chi connectivity index (χ0n) is 15.4. The number of anilines is 1. The third-order valence-electron chi connectivity index (χ3n) is 3.97. The van der Waals surface area contributed by atoms with E-state index in [1.54, 1.807) is 19.1 Å². The van der Waals surface area contributed by atoms with Gasteiger partial charge in [-0.2, -0.15) is 0 Å². The molecule has 27 heavy (non-hydrogen) atoms. The van der Waals surface area contributed by atoms with Crippen LogP contribution in [0.5, 0.6) is 0 Å². The van der Waals surface area contributed by atoms with E-state index < -0.39 is 11.6 Å². The Morgan fingerprint density at radius 1 is 1.04 bits per heavy atom. The molecule has 5 nitrogen and oxygen atoms in total. The minimum absolute atomic E-state index is 0.107. The van der Waals surface area contributed by atoms with Gasteiger partial charge in [-0.1, -0.05) is 11.8 Å². The van der Waals surface area contributed by atoms with Crippen LogP contribution in [0.25, 0.3) is 11.0 Å². The van der Waals surface area contributed by atoms with Crippen molar-refractivity contribution >= 4 is 22.6 Å². The van der Waals surface area contributed by atoms with Gasteiger partial charge in [-0.15, -0.1) is 0 Å². The van der Waals surface area contributed by atoms with Gasteiger partial charge in [0.2, 0.25) is 0 Å². The first kappa shape index (κ1) is 18.3. The highest BCUT2D eigenvalue weighted by Crippen LogP contribution is 2.16. The lowest BCUT2D eigenvalue weighted by atomic mass is 10.1. The summed E-state index contributed by atoms with van der Waals surface area (Å²) in [6, 6.07) is 14.7. The van der Waals surface area contributed by atoms with Crippen LogP contribution in [0.4, 0.5) is 5.69 Å². The van der Waals surface area contributed by atoms with Crippen molar-refractivity contribution in [2.24, 2.45) is 0 Å². The number of fused-ring (bicyclic) bond motifs is 1. The predicted molar refractivity (Wildman–Crippen MR) is 105 cm³/mol. The fourth-order valence-electron chi connectivity index (χ4n) is 2.53. The maximum Gasteiger partial charge on any atom is 0.351 e. The molecule has 5 heteroatoms. The van der Waals surface area contributed by atoms with Crippen molar-refractivity contribution in [1.29, 1.82) is 0 Å². The van der Waals surface area contributed by atoms with Crippen LogP contribution in [0.2, 0.25) is 0 Å². The Kier molecular flexibility index (Phi) is 5.28. The van der Waals surface area contributed by atoms with Crippen molar-refractivity contribution in [3.05, 3.63) is 75.6 Å². The summed E-state index contributed by atoms with van der Waals surface area (Å²) in [7, 11) is 3.97. The van der Waals surface area contributed by atoms with Gasteiger partial charge in [-0.3, -0.25) is 0 Å². The van der Waals surface area contributed by atoms with E-state index in [9.17, 15) is 9.59 Å². The summed E-state index contributed by atoms with van der Waals surface area (Å²) in [4.78, 5) is 25.8. The fraction of sp³-hybridized carbons (Fsp3) is 0.182. The number of carbonyl (C=O) groups excluding carboxylic acids is 1. The van der Waals surface area contributed by atoms with Crippen molar-refractivity contribution < 1.29 is 13.9 Å². The molecule has 0 unspecified atom stereocenters. The molecule has 0 atom stereocenters. The molecular weight excluding hydrogens is 342 g/mol. The molecule has 1 aromatic heterocycles. The summed E-state index contributed by atoms with van der Waals surface area (Å²) in [5.74, 6) is 5.47. The summed E-state index contributed by atoms with van der Waals surface area (Å²) >= 11 is 0. The molecule has 0 aliphatic rings. The quantitative estimate of drug-likeness (QED) is 0.406. The van der Waals surface area contributed by atoms with E-state index in [4.69, 9.17) is 9.15 Å². The molecule has 0 saturated carbocycles. The molecule has 0 bridgehead atoms. The number of rotatable bonds is 3. The Hall–Kier alpha value is -3.52. The number of benzene rings is 2. The largest absolute Gasteiger partial charge is 0.462 e. The van der Waals surface area contributed by atoms with E-state index in [1.165, 1.54) is 6.07 Å². The molecule has 0 spiro atoms. The SMILES string of the molecule is CCOC(=O)c1cc2ccc(C#Cc3ccc(N(C)C)cc3)cc2oc1=O. The van der Waals surface area contributed by atoms with Crippen LogP contribution in [-0.2, 0) is 4.74 Å². The Labute approximate surface area is 157 Å². The third-order valence-corrected chi connectivity index (χ3v) is 3.97. The Bertz CT molecular complexity index is 1100. The highest BCUT2D eigenvalue weighted by Gasteiger charge is 2.14. The average molecular weight is 361 g/mol. The molecule has 0 fully saturated rings. The zero-order chi connectivity index (χ0) is 19.4. The van der Waals surface area contributed by atoms with E-state index in [2.05, 4.69) is 11.8 Å². The molecule has 136 valence electrons. The minimum atomic E-state index is -0.717. The topological polar surface area (TPSA) is 59.8 Å². The molecule has 0 radical (unpaired) electrons. The summed E-state index contributed by atoms with van der Waals surface area (Å²) in [6.45, 7) is 1.87. The summed E-state index contributed by atoms with van der Waals surface area (Å²) in [5.41, 5.74) is 2.26. The average Bonchev–Trinajstić information content (AvgIpc) is 2.66. The van der Waals surface area contributed by atoms with Gasteiger partial charge in [-0.05, 0) is 55.5 Å². The zero-order valence-corrected chi connectivity index (χ0v) is 15.4. The second-order valence-corrected chi connectivity index (χ2v) is 6.11. The van der Waals surface area contributed by atoms with Crippen LogP contribution in [0.3, 0.4) is 0 Å². The van der Waals surface area contributed by atoms with Crippen molar-refractivity contribution in [3.8, 4) is 11.8 Å². The molecule has 0 saturated heterocycles. The number of nitrogens with zero attached hydrogens (tertiary/aromatic N) is 1. The number of hydrogen-bond donors (Lipinski definition) is 0. The lowest BCUT2D eigenvalue weighted by molar-refractivity contribution is 0.0522. The number of hydrogen-bond acceptors (Lipinski definition) is 5. The molecule has 0 N–H and O–H groups in total. The minimum Gasteiger partial charge on any atom is -0.462 e. The van der Waals surface area contributed by atoms with Gasteiger partial charge in [-0.25, -0.2) is 9.59 Å². The maximum atomic E-state index is 12.0.